The van der Waals surface area contributed by atoms with Gasteiger partial charge in [0.05, 0.1) is 19.3 Å². The molecule has 2 atom stereocenters. The molecule has 0 spiro atoms. The van der Waals surface area contributed by atoms with E-state index in [1.54, 1.807) is 0 Å². The van der Waals surface area contributed by atoms with Crippen LogP contribution in [-0.2, 0) is 11.2 Å². The van der Waals surface area contributed by atoms with Gasteiger partial charge in [0.15, 0.2) is 5.96 Å². The highest BCUT2D eigenvalue weighted by atomic mass is 32.1. The van der Waals surface area contributed by atoms with E-state index >= 15 is 0 Å². The Bertz CT molecular complexity index is 681. The van der Waals surface area contributed by atoms with Gasteiger partial charge in [-0.05, 0) is 42.2 Å². The van der Waals surface area contributed by atoms with Gasteiger partial charge < -0.3 is 15.4 Å². The summed E-state index contributed by atoms with van der Waals surface area (Å²) in [6, 6.07) is 9.06. The van der Waals surface area contributed by atoms with Crippen molar-refractivity contribution in [2.45, 2.75) is 26.3 Å². The number of hydrogen-bond donors (Lipinski definition) is 2. The predicted octanol–water partition coefficient (Wildman–Crippen LogP) is 3.62. The van der Waals surface area contributed by atoms with Crippen LogP contribution in [0.3, 0.4) is 0 Å². The fraction of sp³-hybridized carbons (Fsp3) is 0.571. The molecule has 3 heterocycles. The monoisotopic (exact) mass is 420 g/mol. The number of thiophene rings is 2. The van der Waals surface area contributed by atoms with Gasteiger partial charge in [0, 0.05) is 42.5 Å². The van der Waals surface area contributed by atoms with E-state index in [2.05, 4.69) is 64.4 Å². The first-order valence-corrected chi connectivity index (χ1v) is 11.9. The minimum absolute atomic E-state index is 0.358. The second kappa shape index (κ2) is 11.6. The van der Waals surface area contributed by atoms with Crippen LogP contribution >= 0.6 is 22.7 Å². The Hall–Kier alpha value is -1.41. The van der Waals surface area contributed by atoms with Crippen LogP contribution in [0.2, 0.25) is 0 Å². The molecule has 2 aromatic rings. The van der Waals surface area contributed by atoms with E-state index in [1.165, 1.54) is 9.75 Å². The zero-order valence-corrected chi connectivity index (χ0v) is 18.5. The molecule has 1 aliphatic rings. The number of morpholine rings is 1. The summed E-state index contributed by atoms with van der Waals surface area (Å²) in [5, 5.41) is 11.3. The van der Waals surface area contributed by atoms with Gasteiger partial charge in [-0.25, -0.2) is 0 Å². The normalized spacial score (nSPS) is 18.0. The number of guanidine groups is 1. The number of nitrogens with zero attached hydrogens (tertiary/aromatic N) is 2. The Morgan fingerprint density at radius 1 is 1.18 bits per heavy atom. The van der Waals surface area contributed by atoms with Crippen molar-refractivity contribution in [3.63, 3.8) is 0 Å². The molecule has 0 bridgehead atoms. The fourth-order valence-corrected chi connectivity index (χ4v) is 5.13. The van der Waals surface area contributed by atoms with Crippen LogP contribution in [0.5, 0.6) is 0 Å². The molecule has 0 aliphatic carbocycles. The molecule has 0 amide bonds. The average molecular weight is 421 g/mol. The van der Waals surface area contributed by atoms with E-state index in [-0.39, 0.29) is 0 Å². The molecular weight excluding hydrogens is 388 g/mol. The predicted molar refractivity (Wildman–Crippen MR) is 121 cm³/mol. The first kappa shape index (κ1) is 21.3. The zero-order chi connectivity index (χ0) is 19.6. The Kier molecular flexibility index (Phi) is 8.79. The van der Waals surface area contributed by atoms with E-state index < -0.39 is 0 Å². The van der Waals surface area contributed by atoms with Crippen molar-refractivity contribution in [3.8, 4) is 0 Å². The first-order chi connectivity index (χ1) is 13.8. The molecule has 2 unspecified atom stereocenters. The molecule has 2 N–H and O–H groups in total. The van der Waals surface area contributed by atoms with Crippen LogP contribution in [-0.4, -0.2) is 56.8 Å². The van der Waals surface area contributed by atoms with Crippen LogP contribution in [0.1, 0.15) is 29.6 Å². The summed E-state index contributed by atoms with van der Waals surface area (Å²) < 4.78 is 5.55. The third kappa shape index (κ3) is 6.58. The topological polar surface area (TPSA) is 48.9 Å². The maximum Gasteiger partial charge on any atom is 0.191 e. The Balaban J connectivity index is 1.58. The molecule has 5 nitrogen and oxygen atoms in total. The van der Waals surface area contributed by atoms with E-state index in [9.17, 15) is 0 Å². The lowest BCUT2D eigenvalue weighted by atomic mass is 10.1. The maximum absolute atomic E-state index is 5.55. The van der Waals surface area contributed by atoms with E-state index in [1.807, 2.05) is 22.7 Å². The van der Waals surface area contributed by atoms with E-state index in [0.717, 1.165) is 58.3 Å². The van der Waals surface area contributed by atoms with Crippen LogP contribution < -0.4 is 10.6 Å². The first-order valence-electron chi connectivity index (χ1n) is 10.2. The second-order valence-electron chi connectivity index (χ2n) is 7.17. The van der Waals surface area contributed by atoms with Crippen molar-refractivity contribution < 1.29 is 4.74 Å². The zero-order valence-electron chi connectivity index (χ0n) is 16.9. The lowest BCUT2D eigenvalue weighted by Crippen LogP contribution is -2.46. The summed E-state index contributed by atoms with van der Waals surface area (Å²) in [6.07, 6.45) is 1.09. The maximum atomic E-state index is 5.55. The number of hydrogen-bond acceptors (Lipinski definition) is 5. The Morgan fingerprint density at radius 2 is 1.96 bits per heavy atom. The summed E-state index contributed by atoms with van der Waals surface area (Å²) in [5.41, 5.74) is 0. The number of ether oxygens (including phenoxy) is 1. The van der Waals surface area contributed by atoms with Crippen molar-refractivity contribution in [3.05, 3.63) is 44.8 Å². The molecule has 0 aromatic carbocycles. The molecule has 7 heteroatoms. The molecule has 0 saturated carbocycles. The third-order valence-electron chi connectivity index (χ3n) is 4.86. The summed E-state index contributed by atoms with van der Waals surface area (Å²) in [5.74, 6) is 1.44. The van der Waals surface area contributed by atoms with Crippen molar-refractivity contribution in [2.24, 2.45) is 10.9 Å². The fourth-order valence-electron chi connectivity index (χ4n) is 3.40. The largest absolute Gasteiger partial charge is 0.379 e. The molecular formula is C21H32N4OS2. The van der Waals surface area contributed by atoms with Gasteiger partial charge in [-0.2, -0.15) is 0 Å². The summed E-state index contributed by atoms with van der Waals surface area (Å²) in [6.45, 7) is 10.5. The standard InChI is InChI=1S/C21H32N4OS2/c1-3-22-21(23-15-17(2)14-18-6-4-12-27-18)24-16-19(20-7-5-13-28-20)25-8-10-26-11-9-25/h4-7,12-13,17,19H,3,8-11,14-16H2,1-2H3,(H2,22,23,24). The minimum Gasteiger partial charge on any atom is -0.379 e. The van der Waals surface area contributed by atoms with Crippen molar-refractivity contribution in [1.82, 2.24) is 15.5 Å². The second-order valence-corrected chi connectivity index (χ2v) is 9.18. The quantitative estimate of drug-likeness (QED) is 0.481. The van der Waals surface area contributed by atoms with Gasteiger partial charge in [-0.15, -0.1) is 22.7 Å². The summed E-state index contributed by atoms with van der Waals surface area (Å²) in [7, 11) is 0. The molecule has 154 valence electrons. The molecule has 2 aromatic heterocycles. The molecule has 3 rings (SSSR count). The average Bonchev–Trinajstić information content (AvgIpc) is 3.41. The van der Waals surface area contributed by atoms with Crippen molar-refractivity contribution in [1.29, 1.82) is 0 Å². The lowest BCUT2D eigenvalue weighted by molar-refractivity contribution is 0.0177. The van der Waals surface area contributed by atoms with Gasteiger partial charge in [0.25, 0.3) is 0 Å². The lowest BCUT2D eigenvalue weighted by Gasteiger charge is -2.34. The van der Waals surface area contributed by atoms with Crippen LogP contribution in [0.4, 0.5) is 0 Å². The van der Waals surface area contributed by atoms with Gasteiger partial charge >= 0.3 is 0 Å². The third-order valence-corrected chi connectivity index (χ3v) is 6.73. The highest BCUT2D eigenvalue weighted by Gasteiger charge is 2.23. The van der Waals surface area contributed by atoms with E-state index in [0.29, 0.717) is 12.0 Å². The Labute approximate surface area is 176 Å². The van der Waals surface area contributed by atoms with Crippen LogP contribution in [0, 0.1) is 5.92 Å². The molecule has 1 fully saturated rings. The smallest absolute Gasteiger partial charge is 0.191 e. The van der Waals surface area contributed by atoms with Crippen LogP contribution in [0.15, 0.2) is 40.0 Å². The summed E-state index contributed by atoms with van der Waals surface area (Å²) in [4.78, 5) is 10.2. The SMILES string of the molecule is CCNC(=NCC(C)Cc1cccs1)NCC(c1cccs1)N1CCOCC1. The number of nitrogens with one attached hydrogen (secondary N) is 2. The van der Waals surface area contributed by atoms with Crippen molar-refractivity contribution >= 4 is 28.6 Å². The van der Waals surface area contributed by atoms with Gasteiger partial charge in [0.2, 0.25) is 0 Å². The molecule has 1 aliphatic heterocycles. The van der Waals surface area contributed by atoms with Crippen molar-refractivity contribution in [2.75, 3.05) is 45.9 Å². The number of aliphatic imine (C=N–C) groups is 1. The minimum atomic E-state index is 0.358. The van der Waals surface area contributed by atoms with Gasteiger partial charge in [-0.3, -0.25) is 9.89 Å². The summed E-state index contributed by atoms with van der Waals surface area (Å²) >= 11 is 3.66. The highest BCUT2D eigenvalue weighted by molar-refractivity contribution is 7.10. The number of rotatable bonds is 9. The van der Waals surface area contributed by atoms with E-state index in [4.69, 9.17) is 9.73 Å². The van der Waals surface area contributed by atoms with Gasteiger partial charge in [-0.1, -0.05) is 19.1 Å². The highest BCUT2D eigenvalue weighted by Crippen LogP contribution is 2.25. The molecule has 1 saturated heterocycles. The molecule has 28 heavy (non-hydrogen) atoms. The Morgan fingerprint density at radius 3 is 2.64 bits per heavy atom. The molecule has 0 radical (unpaired) electrons. The van der Waals surface area contributed by atoms with Gasteiger partial charge in [0.1, 0.15) is 0 Å². The van der Waals surface area contributed by atoms with Crippen LogP contribution in [0.25, 0.3) is 0 Å².